The number of ether oxygens (including phenoxy) is 1. The van der Waals surface area contributed by atoms with Gasteiger partial charge in [-0.05, 0) is 25.5 Å². The lowest BCUT2D eigenvalue weighted by molar-refractivity contribution is -0.155. The van der Waals surface area contributed by atoms with Crippen LogP contribution in [-0.4, -0.2) is 35.7 Å². The van der Waals surface area contributed by atoms with Crippen molar-refractivity contribution in [2.75, 3.05) is 11.9 Å². The lowest BCUT2D eigenvalue weighted by atomic mass is 10.2. The number of carbonyl (C=O) groups is 3. The minimum atomic E-state index is -0.863. The predicted molar refractivity (Wildman–Crippen MR) is 88.2 cm³/mol. The zero-order valence-corrected chi connectivity index (χ0v) is 13.9. The van der Waals surface area contributed by atoms with Gasteiger partial charge in [-0.1, -0.05) is 19.1 Å². The summed E-state index contributed by atoms with van der Waals surface area (Å²) in [6.45, 7) is 4.00. The zero-order valence-electron chi connectivity index (χ0n) is 13.1. The van der Waals surface area contributed by atoms with Crippen molar-refractivity contribution in [3.63, 3.8) is 0 Å². The predicted octanol–water partition coefficient (Wildman–Crippen LogP) is 1.95. The van der Waals surface area contributed by atoms with Crippen LogP contribution < -0.4 is 10.6 Å². The second-order valence-electron chi connectivity index (χ2n) is 5.22. The molecule has 0 aromatic heterocycles. The normalized spacial score (nSPS) is 17.7. The standard InChI is InChI=1S/C16H20N2O4S/c1-3-8-17-15(20)10(2)22-14(19)9-13-16(21)18-11-6-4-5-7-12(11)23-13/h4-7,10,13H,3,8-9H2,1-2H3,(H,17,20)(H,18,21)/t10-,13+/m1/s1. The Labute approximate surface area is 139 Å². The van der Waals surface area contributed by atoms with Crippen molar-refractivity contribution in [3.8, 4) is 0 Å². The summed E-state index contributed by atoms with van der Waals surface area (Å²) in [4.78, 5) is 36.6. The Bertz CT molecular complexity index is 605. The molecule has 1 aliphatic rings. The van der Waals surface area contributed by atoms with Crippen LogP contribution in [-0.2, 0) is 19.1 Å². The second kappa shape index (κ2) is 8.01. The van der Waals surface area contributed by atoms with Gasteiger partial charge in [0.1, 0.15) is 0 Å². The molecule has 2 rings (SSSR count). The molecule has 23 heavy (non-hydrogen) atoms. The lowest BCUT2D eigenvalue weighted by Crippen LogP contribution is -2.37. The number of para-hydroxylation sites is 1. The monoisotopic (exact) mass is 336 g/mol. The Balaban J connectivity index is 1.88. The van der Waals surface area contributed by atoms with Crippen molar-refractivity contribution >= 4 is 35.2 Å². The molecule has 0 fully saturated rings. The van der Waals surface area contributed by atoms with E-state index in [1.807, 2.05) is 31.2 Å². The Morgan fingerprint density at radius 2 is 2.13 bits per heavy atom. The molecule has 0 radical (unpaired) electrons. The van der Waals surface area contributed by atoms with Crippen molar-refractivity contribution in [1.29, 1.82) is 0 Å². The minimum Gasteiger partial charge on any atom is -0.453 e. The molecule has 1 heterocycles. The highest BCUT2D eigenvalue weighted by Crippen LogP contribution is 2.36. The van der Waals surface area contributed by atoms with E-state index in [2.05, 4.69) is 10.6 Å². The van der Waals surface area contributed by atoms with Crippen LogP contribution in [0, 0.1) is 0 Å². The maximum absolute atomic E-state index is 12.0. The number of hydrogen-bond donors (Lipinski definition) is 2. The molecule has 0 saturated carbocycles. The Morgan fingerprint density at radius 3 is 2.87 bits per heavy atom. The average Bonchev–Trinajstić information content (AvgIpc) is 2.53. The number of benzene rings is 1. The summed E-state index contributed by atoms with van der Waals surface area (Å²) in [5, 5.41) is 4.88. The number of carbonyl (C=O) groups excluding carboxylic acids is 3. The van der Waals surface area contributed by atoms with Gasteiger partial charge in [-0.3, -0.25) is 14.4 Å². The van der Waals surface area contributed by atoms with Crippen LogP contribution in [0.5, 0.6) is 0 Å². The molecule has 6 nitrogen and oxygen atoms in total. The second-order valence-corrected chi connectivity index (χ2v) is 6.46. The van der Waals surface area contributed by atoms with E-state index in [4.69, 9.17) is 4.74 Å². The van der Waals surface area contributed by atoms with Crippen molar-refractivity contribution in [3.05, 3.63) is 24.3 Å². The van der Waals surface area contributed by atoms with E-state index in [0.717, 1.165) is 17.0 Å². The fourth-order valence-electron chi connectivity index (χ4n) is 2.07. The highest BCUT2D eigenvalue weighted by Gasteiger charge is 2.30. The first-order valence-electron chi connectivity index (χ1n) is 7.55. The quantitative estimate of drug-likeness (QED) is 0.776. The summed E-state index contributed by atoms with van der Waals surface area (Å²) in [5.74, 6) is -1.11. The molecule has 1 aromatic carbocycles. The number of thioether (sulfide) groups is 1. The van der Waals surface area contributed by atoms with E-state index in [9.17, 15) is 14.4 Å². The molecule has 7 heteroatoms. The molecule has 124 valence electrons. The minimum absolute atomic E-state index is 0.0732. The summed E-state index contributed by atoms with van der Waals surface area (Å²) in [6, 6.07) is 7.41. The fraction of sp³-hybridized carbons (Fsp3) is 0.438. The third-order valence-corrected chi connectivity index (χ3v) is 4.56. The van der Waals surface area contributed by atoms with Crippen LogP contribution >= 0.6 is 11.8 Å². The fourth-order valence-corrected chi connectivity index (χ4v) is 3.16. The first-order valence-corrected chi connectivity index (χ1v) is 8.43. The molecule has 1 aromatic rings. The van der Waals surface area contributed by atoms with Crippen LogP contribution in [0.2, 0.25) is 0 Å². The van der Waals surface area contributed by atoms with Gasteiger partial charge in [0.25, 0.3) is 5.91 Å². The molecule has 2 atom stereocenters. The maximum Gasteiger partial charge on any atom is 0.308 e. The largest absolute Gasteiger partial charge is 0.453 e. The molecular formula is C16H20N2O4S. The number of fused-ring (bicyclic) bond motifs is 1. The van der Waals surface area contributed by atoms with E-state index in [1.165, 1.54) is 18.7 Å². The van der Waals surface area contributed by atoms with Gasteiger partial charge in [-0.15, -0.1) is 11.8 Å². The van der Waals surface area contributed by atoms with Gasteiger partial charge < -0.3 is 15.4 Å². The lowest BCUT2D eigenvalue weighted by Gasteiger charge is -2.23. The number of hydrogen-bond acceptors (Lipinski definition) is 5. The summed E-state index contributed by atoms with van der Waals surface area (Å²) in [5.41, 5.74) is 0.749. The Morgan fingerprint density at radius 1 is 1.39 bits per heavy atom. The van der Waals surface area contributed by atoms with Crippen molar-refractivity contribution < 1.29 is 19.1 Å². The Kier molecular flexibility index (Phi) is 6.04. The molecule has 1 aliphatic heterocycles. The topological polar surface area (TPSA) is 84.5 Å². The van der Waals surface area contributed by atoms with Crippen LogP contribution in [0.3, 0.4) is 0 Å². The first kappa shape index (κ1) is 17.3. The number of rotatable bonds is 6. The van der Waals surface area contributed by atoms with E-state index in [-0.39, 0.29) is 18.2 Å². The third-order valence-electron chi connectivity index (χ3n) is 3.29. The summed E-state index contributed by atoms with van der Waals surface area (Å²) in [7, 11) is 0. The van der Waals surface area contributed by atoms with Crippen LogP contribution in [0.1, 0.15) is 26.7 Å². The molecule has 0 unspecified atom stereocenters. The van der Waals surface area contributed by atoms with Crippen LogP contribution in [0.15, 0.2) is 29.2 Å². The summed E-state index contributed by atoms with van der Waals surface area (Å²) >= 11 is 1.33. The van der Waals surface area contributed by atoms with E-state index in [0.29, 0.717) is 6.54 Å². The number of anilines is 1. The Hall–Kier alpha value is -2.02. The number of amides is 2. The third kappa shape index (κ3) is 4.72. The van der Waals surface area contributed by atoms with Gasteiger partial charge in [0.15, 0.2) is 6.10 Å². The van der Waals surface area contributed by atoms with E-state index in [1.54, 1.807) is 0 Å². The highest BCUT2D eigenvalue weighted by atomic mass is 32.2. The van der Waals surface area contributed by atoms with E-state index >= 15 is 0 Å². The van der Waals surface area contributed by atoms with Crippen molar-refractivity contribution in [2.24, 2.45) is 0 Å². The number of esters is 1. The van der Waals surface area contributed by atoms with Crippen molar-refractivity contribution in [2.45, 2.75) is 42.9 Å². The smallest absolute Gasteiger partial charge is 0.308 e. The van der Waals surface area contributed by atoms with Gasteiger partial charge in [0, 0.05) is 11.4 Å². The molecule has 0 bridgehead atoms. The molecular weight excluding hydrogens is 316 g/mol. The van der Waals surface area contributed by atoms with Crippen LogP contribution in [0.25, 0.3) is 0 Å². The van der Waals surface area contributed by atoms with Gasteiger partial charge in [-0.2, -0.15) is 0 Å². The van der Waals surface area contributed by atoms with Gasteiger partial charge in [-0.25, -0.2) is 0 Å². The summed E-state index contributed by atoms with van der Waals surface area (Å²) in [6.07, 6.45) is -0.126. The zero-order chi connectivity index (χ0) is 16.8. The van der Waals surface area contributed by atoms with Gasteiger partial charge in [0.2, 0.25) is 5.91 Å². The number of nitrogens with one attached hydrogen (secondary N) is 2. The molecule has 0 saturated heterocycles. The van der Waals surface area contributed by atoms with Crippen molar-refractivity contribution in [1.82, 2.24) is 5.32 Å². The van der Waals surface area contributed by atoms with Crippen LogP contribution in [0.4, 0.5) is 5.69 Å². The first-order chi connectivity index (χ1) is 11.0. The molecule has 0 spiro atoms. The summed E-state index contributed by atoms with van der Waals surface area (Å²) < 4.78 is 5.10. The van der Waals surface area contributed by atoms with E-state index < -0.39 is 17.3 Å². The highest BCUT2D eigenvalue weighted by molar-refractivity contribution is 8.01. The van der Waals surface area contributed by atoms with Gasteiger partial charge >= 0.3 is 5.97 Å². The SMILES string of the molecule is CCCNC(=O)[C@@H](C)OC(=O)C[C@@H]1Sc2ccccc2NC1=O. The average molecular weight is 336 g/mol. The molecule has 2 amide bonds. The van der Waals surface area contributed by atoms with Gasteiger partial charge in [0.05, 0.1) is 17.4 Å². The molecule has 2 N–H and O–H groups in total. The maximum atomic E-state index is 12.0. The molecule has 0 aliphatic carbocycles.